The molecule has 0 aromatic carbocycles. The van der Waals surface area contributed by atoms with Crippen LogP contribution in [0.5, 0.6) is 0 Å². The molecule has 1 saturated heterocycles. The minimum atomic E-state index is -3.50. The van der Waals surface area contributed by atoms with Gasteiger partial charge in [-0.15, -0.1) is 0 Å². The van der Waals surface area contributed by atoms with Crippen LogP contribution in [0.2, 0.25) is 0 Å². The lowest BCUT2D eigenvalue weighted by molar-refractivity contribution is 0.159. The van der Waals surface area contributed by atoms with Gasteiger partial charge >= 0.3 is 0 Å². The molecule has 2 rings (SSSR count). The number of aliphatic hydroxyl groups excluding tert-OH is 1. The largest absolute Gasteiger partial charge is 0.393 e. The number of aromatic nitrogens is 2. The Morgan fingerprint density at radius 2 is 2.18 bits per heavy atom. The Morgan fingerprint density at radius 1 is 1.41 bits per heavy atom. The summed E-state index contributed by atoms with van der Waals surface area (Å²) in [5, 5.41) is 9.59. The quantitative estimate of drug-likeness (QED) is 0.808. The third kappa shape index (κ3) is 2.67. The van der Waals surface area contributed by atoms with Gasteiger partial charge in [-0.2, -0.15) is 4.31 Å². The fraction of sp³-hybridized carbons (Fsp3) is 0.700. The Kier molecular flexibility index (Phi) is 3.50. The molecule has 1 aromatic rings. The summed E-state index contributed by atoms with van der Waals surface area (Å²) in [4.78, 5) is 3.88. The molecule has 0 radical (unpaired) electrons. The minimum Gasteiger partial charge on any atom is -0.393 e. The molecule has 1 aliphatic heterocycles. The smallest absolute Gasteiger partial charge is 0.262 e. The molecule has 17 heavy (non-hydrogen) atoms. The molecule has 2 heterocycles. The van der Waals surface area contributed by atoms with E-state index in [0.717, 1.165) is 0 Å². The first-order chi connectivity index (χ1) is 8.00. The standard InChI is InChI=1S/C10H17N3O3S/c1-12-7-10(11-8-12)17(15,16)13-5-2-3-9(14)4-6-13/h7-9,14H,2-6H2,1H3. The van der Waals surface area contributed by atoms with Gasteiger partial charge in [-0.1, -0.05) is 0 Å². The van der Waals surface area contributed by atoms with Crippen LogP contribution in [0.3, 0.4) is 0 Å². The van der Waals surface area contributed by atoms with Gasteiger partial charge < -0.3 is 9.67 Å². The van der Waals surface area contributed by atoms with Crippen LogP contribution in [0.4, 0.5) is 0 Å². The van der Waals surface area contributed by atoms with Crippen molar-refractivity contribution in [3.05, 3.63) is 12.5 Å². The molecule has 1 aromatic heterocycles. The Bertz CT molecular complexity index is 483. The molecule has 0 amide bonds. The van der Waals surface area contributed by atoms with E-state index < -0.39 is 10.0 Å². The van der Waals surface area contributed by atoms with E-state index >= 15 is 0 Å². The average Bonchev–Trinajstić information content (AvgIpc) is 2.58. The number of hydrogen-bond donors (Lipinski definition) is 1. The number of sulfonamides is 1. The Labute approximate surface area is 101 Å². The highest BCUT2D eigenvalue weighted by Gasteiger charge is 2.28. The second kappa shape index (κ2) is 4.75. The fourth-order valence-corrected chi connectivity index (χ4v) is 3.41. The monoisotopic (exact) mass is 259 g/mol. The van der Waals surface area contributed by atoms with Crippen LogP contribution in [0, 0.1) is 0 Å². The highest BCUT2D eigenvalue weighted by Crippen LogP contribution is 2.18. The SMILES string of the molecule is Cn1cnc(S(=O)(=O)N2CCCC(O)CC2)c1. The van der Waals surface area contributed by atoms with E-state index in [1.165, 1.54) is 16.8 Å². The number of aliphatic hydroxyl groups is 1. The first-order valence-corrected chi connectivity index (χ1v) is 7.10. The van der Waals surface area contributed by atoms with Crippen molar-refractivity contribution in [2.24, 2.45) is 7.05 Å². The third-order valence-corrected chi connectivity index (χ3v) is 4.73. The molecular weight excluding hydrogens is 242 g/mol. The van der Waals surface area contributed by atoms with Gasteiger partial charge in [0.1, 0.15) is 0 Å². The van der Waals surface area contributed by atoms with Crippen molar-refractivity contribution in [1.82, 2.24) is 13.9 Å². The van der Waals surface area contributed by atoms with Crippen LogP contribution < -0.4 is 0 Å². The van der Waals surface area contributed by atoms with Crippen LogP contribution in [0.1, 0.15) is 19.3 Å². The van der Waals surface area contributed by atoms with Crippen LogP contribution in [-0.2, 0) is 17.1 Å². The highest BCUT2D eigenvalue weighted by molar-refractivity contribution is 7.89. The second-order valence-corrected chi connectivity index (χ2v) is 6.25. The van der Waals surface area contributed by atoms with Crippen LogP contribution in [-0.4, -0.2) is 46.6 Å². The number of nitrogens with zero attached hydrogens (tertiary/aromatic N) is 3. The Balaban J connectivity index is 2.20. The highest BCUT2D eigenvalue weighted by atomic mass is 32.2. The van der Waals surface area contributed by atoms with Gasteiger partial charge in [0.25, 0.3) is 10.0 Å². The zero-order valence-corrected chi connectivity index (χ0v) is 10.6. The van der Waals surface area contributed by atoms with E-state index in [-0.39, 0.29) is 11.1 Å². The first-order valence-electron chi connectivity index (χ1n) is 5.66. The molecule has 0 spiro atoms. The lowest BCUT2D eigenvalue weighted by atomic mass is 10.2. The summed E-state index contributed by atoms with van der Waals surface area (Å²) in [7, 11) is -1.76. The maximum atomic E-state index is 12.2. The molecule has 1 aliphatic rings. The Hall–Kier alpha value is -0.920. The molecular formula is C10H17N3O3S. The van der Waals surface area contributed by atoms with E-state index in [2.05, 4.69) is 4.98 Å². The summed E-state index contributed by atoms with van der Waals surface area (Å²) in [5.74, 6) is 0. The average molecular weight is 259 g/mol. The van der Waals surface area contributed by atoms with Gasteiger partial charge in [-0.25, -0.2) is 13.4 Å². The van der Waals surface area contributed by atoms with Crippen molar-refractivity contribution in [3.8, 4) is 0 Å². The maximum Gasteiger partial charge on any atom is 0.262 e. The van der Waals surface area contributed by atoms with Crippen molar-refractivity contribution in [3.63, 3.8) is 0 Å². The van der Waals surface area contributed by atoms with E-state index in [1.807, 2.05) is 0 Å². The molecule has 6 nitrogen and oxygen atoms in total. The maximum absolute atomic E-state index is 12.2. The Morgan fingerprint density at radius 3 is 2.82 bits per heavy atom. The van der Waals surface area contributed by atoms with E-state index in [0.29, 0.717) is 32.4 Å². The summed E-state index contributed by atoms with van der Waals surface area (Å²) in [6.45, 7) is 0.816. The summed E-state index contributed by atoms with van der Waals surface area (Å²) < 4.78 is 27.5. The predicted octanol–water partition coefficient (Wildman–Crippen LogP) is -0.0444. The molecule has 1 atom stereocenters. The van der Waals surface area contributed by atoms with Crippen molar-refractivity contribution in [1.29, 1.82) is 0 Å². The zero-order valence-electron chi connectivity index (χ0n) is 9.78. The summed E-state index contributed by atoms with van der Waals surface area (Å²) in [6.07, 6.45) is 4.42. The van der Waals surface area contributed by atoms with Gasteiger partial charge in [-0.05, 0) is 19.3 Å². The molecule has 96 valence electrons. The normalized spacial score (nSPS) is 23.5. The van der Waals surface area contributed by atoms with Gasteiger partial charge in [-0.3, -0.25) is 0 Å². The molecule has 1 fully saturated rings. The number of rotatable bonds is 2. The predicted molar refractivity (Wildman–Crippen MR) is 61.8 cm³/mol. The number of hydrogen-bond acceptors (Lipinski definition) is 4. The van der Waals surface area contributed by atoms with Crippen LogP contribution in [0.25, 0.3) is 0 Å². The summed E-state index contributed by atoms with van der Waals surface area (Å²) >= 11 is 0. The zero-order chi connectivity index (χ0) is 12.5. The van der Waals surface area contributed by atoms with E-state index in [9.17, 15) is 13.5 Å². The molecule has 7 heteroatoms. The number of imidazole rings is 1. The lowest BCUT2D eigenvalue weighted by Crippen LogP contribution is -2.32. The van der Waals surface area contributed by atoms with Crippen LogP contribution in [0.15, 0.2) is 17.6 Å². The molecule has 1 N–H and O–H groups in total. The van der Waals surface area contributed by atoms with Gasteiger partial charge in [0.05, 0.1) is 12.4 Å². The lowest BCUT2D eigenvalue weighted by Gasteiger charge is -2.18. The van der Waals surface area contributed by atoms with E-state index in [1.54, 1.807) is 11.6 Å². The van der Waals surface area contributed by atoms with Gasteiger partial charge in [0, 0.05) is 26.3 Å². The first kappa shape index (κ1) is 12.5. The molecule has 1 unspecified atom stereocenters. The second-order valence-electron chi connectivity index (χ2n) is 4.37. The van der Waals surface area contributed by atoms with E-state index in [4.69, 9.17) is 0 Å². The molecule has 0 bridgehead atoms. The van der Waals surface area contributed by atoms with Crippen molar-refractivity contribution >= 4 is 10.0 Å². The third-order valence-electron chi connectivity index (χ3n) is 2.94. The van der Waals surface area contributed by atoms with Crippen molar-refractivity contribution in [2.75, 3.05) is 13.1 Å². The number of aryl methyl sites for hydroxylation is 1. The van der Waals surface area contributed by atoms with Crippen molar-refractivity contribution in [2.45, 2.75) is 30.4 Å². The fourth-order valence-electron chi connectivity index (χ4n) is 1.95. The topological polar surface area (TPSA) is 75.4 Å². The minimum absolute atomic E-state index is 0.0800. The summed E-state index contributed by atoms with van der Waals surface area (Å²) in [5.41, 5.74) is 0. The van der Waals surface area contributed by atoms with Crippen LogP contribution >= 0.6 is 0 Å². The molecule has 0 saturated carbocycles. The molecule has 0 aliphatic carbocycles. The van der Waals surface area contributed by atoms with Gasteiger partial charge in [0.2, 0.25) is 0 Å². The van der Waals surface area contributed by atoms with Gasteiger partial charge in [0.15, 0.2) is 5.03 Å². The van der Waals surface area contributed by atoms with Crippen molar-refractivity contribution < 1.29 is 13.5 Å². The summed E-state index contributed by atoms with van der Waals surface area (Å²) in [6, 6.07) is 0.